The van der Waals surface area contributed by atoms with E-state index in [-0.39, 0.29) is 0 Å². The fourth-order valence-corrected chi connectivity index (χ4v) is 4.23. The maximum Gasteiger partial charge on any atom is 0.319 e. The SMILES string of the molecule is Cc1ccc(-n2c(SCc3nccn3C(F)F)nnc2N2CCCCC2)cc1. The van der Waals surface area contributed by atoms with Gasteiger partial charge in [0.2, 0.25) is 5.95 Å². The van der Waals surface area contributed by atoms with Gasteiger partial charge in [0, 0.05) is 25.5 Å². The molecule has 0 aliphatic carbocycles. The van der Waals surface area contributed by atoms with E-state index in [1.54, 1.807) is 0 Å². The van der Waals surface area contributed by atoms with Crippen LogP contribution < -0.4 is 4.90 Å². The van der Waals surface area contributed by atoms with Crippen molar-refractivity contribution in [3.05, 3.63) is 48.0 Å². The Labute approximate surface area is 166 Å². The number of thioether (sulfide) groups is 1. The van der Waals surface area contributed by atoms with Crippen molar-refractivity contribution in [2.75, 3.05) is 18.0 Å². The molecule has 0 bridgehead atoms. The molecule has 0 amide bonds. The van der Waals surface area contributed by atoms with Gasteiger partial charge in [-0.05, 0) is 38.3 Å². The molecule has 6 nitrogen and oxygen atoms in total. The minimum Gasteiger partial charge on any atom is -0.341 e. The average Bonchev–Trinajstić information content (AvgIpc) is 3.35. The molecular formula is C19H22F2N6S. The van der Waals surface area contributed by atoms with E-state index < -0.39 is 6.55 Å². The largest absolute Gasteiger partial charge is 0.341 e. The van der Waals surface area contributed by atoms with Crippen molar-refractivity contribution in [2.24, 2.45) is 0 Å². The third-order valence-electron chi connectivity index (χ3n) is 4.84. The minimum atomic E-state index is -2.60. The number of halogens is 2. The number of rotatable bonds is 6. The molecule has 0 N–H and O–H groups in total. The van der Waals surface area contributed by atoms with Crippen LogP contribution >= 0.6 is 11.8 Å². The quantitative estimate of drug-likeness (QED) is 0.568. The number of benzene rings is 1. The lowest BCUT2D eigenvalue weighted by Crippen LogP contribution is -2.31. The Morgan fingerprint density at radius 1 is 1.07 bits per heavy atom. The Morgan fingerprint density at radius 3 is 2.54 bits per heavy atom. The summed E-state index contributed by atoms with van der Waals surface area (Å²) in [6.07, 6.45) is 6.19. The molecule has 148 valence electrons. The Morgan fingerprint density at radius 2 is 1.82 bits per heavy atom. The molecule has 3 aromatic rings. The van der Waals surface area contributed by atoms with Crippen LogP contribution in [0.5, 0.6) is 0 Å². The number of hydrogen-bond donors (Lipinski definition) is 0. The molecule has 2 aromatic heterocycles. The first kappa shape index (κ1) is 18.9. The van der Waals surface area contributed by atoms with Crippen LogP contribution in [0.15, 0.2) is 41.8 Å². The van der Waals surface area contributed by atoms with E-state index in [1.165, 1.54) is 36.1 Å². The molecule has 3 heterocycles. The Bertz CT molecular complexity index is 915. The Balaban J connectivity index is 1.65. The van der Waals surface area contributed by atoms with E-state index in [4.69, 9.17) is 0 Å². The lowest BCUT2D eigenvalue weighted by Gasteiger charge is -2.27. The molecule has 28 heavy (non-hydrogen) atoms. The van der Waals surface area contributed by atoms with Crippen LogP contribution in [0, 0.1) is 6.92 Å². The van der Waals surface area contributed by atoms with Crippen molar-refractivity contribution in [3.63, 3.8) is 0 Å². The summed E-state index contributed by atoms with van der Waals surface area (Å²) in [5.74, 6) is 1.42. The van der Waals surface area contributed by atoms with Crippen molar-refractivity contribution in [2.45, 2.75) is 43.6 Å². The van der Waals surface area contributed by atoms with Gasteiger partial charge in [0.1, 0.15) is 5.82 Å². The molecule has 1 fully saturated rings. The third kappa shape index (κ3) is 3.89. The van der Waals surface area contributed by atoms with Gasteiger partial charge in [-0.1, -0.05) is 29.5 Å². The predicted molar refractivity (Wildman–Crippen MR) is 105 cm³/mol. The standard InChI is InChI=1S/C19H22F2N6S/c1-14-5-7-15(8-6-14)27-18(25-10-3-2-4-11-25)23-24-19(27)28-13-16-22-9-12-26(16)17(20)21/h5-9,12,17H,2-4,10-11,13H2,1H3. The zero-order chi connectivity index (χ0) is 19.5. The van der Waals surface area contributed by atoms with Crippen LogP contribution in [0.2, 0.25) is 0 Å². The van der Waals surface area contributed by atoms with Crippen LogP contribution in [0.4, 0.5) is 14.7 Å². The third-order valence-corrected chi connectivity index (χ3v) is 5.76. The molecule has 1 aromatic carbocycles. The molecule has 0 atom stereocenters. The smallest absolute Gasteiger partial charge is 0.319 e. The van der Waals surface area contributed by atoms with Gasteiger partial charge in [0.05, 0.1) is 11.4 Å². The molecule has 1 aliphatic heterocycles. The van der Waals surface area contributed by atoms with E-state index in [0.717, 1.165) is 42.1 Å². The van der Waals surface area contributed by atoms with Gasteiger partial charge in [-0.15, -0.1) is 10.2 Å². The number of piperidine rings is 1. The number of imidazole rings is 1. The number of hydrogen-bond acceptors (Lipinski definition) is 5. The number of nitrogens with zero attached hydrogens (tertiary/aromatic N) is 6. The van der Waals surface area contributed by atoms with Crippen LogP contribution in [0.1, 0.15) is 37.2 Å². The summed E-state index contributed by atoms with van der Waals surface area (Å²) in [5, 5.41) is 9.49. The second-order valence-electron chi connectivity index (χ2n) is 6.82. The van der Waals surface area contributed by atoms with Gasteiger partial charge in [-0.2, -0.15) is 8.78 Å². The average molecular weight is 404 g/mol. The highest BCUT2D eigenvalue weighted by molar-refractivity contribution is 7.98. The van der Waals surface area contributed by atoms with Gasteiger partial charge >= 0.3 is 6.55 Å². The second-order valence-corrected chi connectivity index (χ2v) is 7.76. The molecule has 1 saturated heterocycles. The fraction of sp³-hybridized carbons (Fsp3) is 0.421. The second kappa shape index (κ2) is 8.30. The van der Waals surface area contributed by atoms with Gasteiger partial charge < -0.3 is 4.90 Å². The number of aromatic nitrogens is 5. The number of aryl methyl sites for hydroxylation is 1. The summed E-state index contributed by atoms with van der Waals surface area (Å²) in [6.45, 7) is 1.34. The molecule has 0 spiro atoms. The topological polar surface area (TPSA) is 51.8 Å². The van der Waals surface area contributed by atoms with Crippen molar-refractivity contribution in [1.82, 2.24) is 24.3 Å². The zero-order valence-electron chi connectivity index (χ0n) is 15.6. The van der Waals surface area contributed by atoms with E-state index in [1.807, 2.05) is 35.8 Å². The summed E-state index contributed by atoms with van der Waals surface area (Å²) in [5.41, 5.74) is 2.14. The van der Waals surface area contributed by atoms with Crippen LogP contribution in [0.3, 0.4) is 0 Å². The van der Waals surface area contributed by atoms with Crippen molar-refractivity contribution < 1.29 is 8.78 Å². The van der Waals surface area contributed by atoms with E-state index >= 15 is 0 Å². The highest BCUT2D eigenvalue weighted by Gasteiger charge is 2.22. The van der Waals surface area contributed by atoms with Gasteiger partial charge in [-0.25, -0.2) is 4.98 Å². The summed E-state index contributed by atoms with van der Waals surface area (Å²) in [7, 11) is 0. The molecule has 4 rings (SSSR count). The fourth-order valence-electron chi connectivity index (χ4n) is 3.34. The monoisotopic (exact) mass is 404 g/mol. The maximum absolute atomic E-state index is 13.1. The lowest BCUT2D eigenvalue weighted by molar-refractivity contribution is 0.0678. The zero-order valence-corrected chi connectivity index (χ0v) is 16.4. The number of anilines is 1. The van der Waals surface area contributed by atoms with Crippen molar-refractivity contribution in [1.29, 1.82) is 0 Å². The van der Waals surface area contributed by atoms with Crippen LogP contribution in [-0.4, -0.2) is 37.4 Å². The molecule has 0 unspecified atom stereocenters. The highest BCUT2D eigenvalue weighted by Crippen LogP contribution is 2.30. The number of alkyl halides is 2. The Hall–Kier alpha value is -2.42. The van der Waals surface area contributed by atoms with Gasteiger partial charge in [0.15, 0.2) is 5.16 Å². The molecule has 1 aliphatic rings. The molecule has 9 heteroatoms. The maximum atomic E-state index is 13.1. The summed E-state index contributed by atoms with van der Waals surface area (Å²) >= 11 is 1.37. The Kier molecular flexibility index (Phi) is 5.61. The van der Waals surface area contributed by atoms with Gasteiger partial charge in [-0.3, -0.25) is 9.13 Å². The summed E-state index contributed by atoms with van der Waals surface area (Å²) in [6, 6.07) is 8.17. The highest BCUT2D eigenvalue weighted by atomic mass is 32.2. The minimum absolute atomic E-state index is 0.293. The first-order valence-electron chi connectivity index (χ1n) is 9.33. The van der Waals surface area contributed by atoms with Gasteiger partial charge in [0.25, 0.3) is 0 Å². The summed E-state index contributed by atoms with van der Waals surface area (Å²) in [4.78, 5) is 6.31. The van der Waals surface area contributed by atoms with E-state index in [0.29, 0.717) is 16.7 Å². The van der Waals surface area contributed by atoms with Crippen LogP contribution in [-0.2, 0) is 5.75 Å². The first-order chi connectivity index (χ1) is 13.6. The lowest BCUT2D eigenvalue weighted by atomic mass is 10.1. The first-order valence-corrected chi connectivity index (χ1v) is 10.3. The normalized spacial score (nSPS) is 14.8. The molecular weight excluding hydrogens is 382 g/mol. The molecule has 0 saturated carbocycles. The van der Waals surface area contributed by atoms with E-state index in [9.17, 15) is 8.78 Å². The summed E-state index contributed by atoms with van der Waals surface area (Å²) < 4.78 is 29.1. The van der Waals surface area contributed by atoms with E-state index in [2.05, 4.69) is 20.1 Å². The van der Waals surface area contributed by atoms with Crippen molar-refractivity contribution in [3.8, 4) is 5.69 Å². The predicted octanol–water partition coefficient (Wildman–Crippen LogP) is 4.45. The van der Waals surface area contributed by atoms with Crippen molar-refractivity contribution >= 4 is 17.7 Å². The molecule has 0 radical (unpaired) electrons. The van der Waals surface area contributed by atoms with Crippen LogP contribution in [0.25, 0.3) is 5.69 Å².